The van der Waals surface area contributed by atoms with E-state index >= 15 is 0 Å². The second-order valence-electron chi connectivity index (χ2n) is 4.64. The third kappa shape index (κ3) is 4.65. The quantitative estimate of drug-likeness (QED) is 0.730. The Morgan fingerprint density at radius 1 is 1.40 bits per heavy atom. The summed E-state index contributed by atoms with van der Waals surface area (Å²) in [5.74, 6) is 0.712. The highest BCUT2D eigenvalue weighted by atomic mass is 16.2. The minimum absolute atomic E-state index is 0.0300. The van der Waals surface area contributed by atoms with Crippen molar-refractivity contribution in [2.45, 2.75) is 57.9 Å². The van der Waals surface area contributed by atoms with Crippen LogP contribution in [0, 0.1) is 5.92 Å². The summed E-state index contributed by atoms with van der Waals surface area (Å²) < 4.78 is 0. The van der Waals surface area contributed by atoms with Gasteiger partial charge in [0, 0.05) is 6.54 Å². The molecule has 1 unspecified atom stereocenters. The summed E-state index contributed by atoms with van der Waals surface area (Å²) >= 11 is 0. The number of nitrogens with one attached hydrogen (secondary N) is 1. The topological polar surface area (TPSA) is 55.1 Å². The fourth-order valence-electron chi connectivity index (χ4n) is 2.27. The molecular formula is C12H24N2O. The molecule has 3 N–H and O–H groups in total. The van der Waals surface area contributed by atoms with E-state index in [0.29, 0.717) is 5.92 Å². The van der Waals surface area contributed by atoms with Crippen LogP contribution in [0.3, 0.4) is 0 Å². The molecule has 0 aliphatic heterocycles. The van der Waals surface area contributed by atoms with Crippen molar-refractivity contribution in [2.75, 3.05) is 6.54 Å². The molecule has 0 aromatic carbocycles. The molecule has 1 amide bonds. The van der Waals surface area contributed by atoms with Crippen LogP contribution in [0.2, 0.25) is 0 Å². The molecule has 1 aliphatic rings. The van der Waals surface area contributed by atoms with Gasteiger partial charge in [-0.25, -0.2) is 0 Å². The van der Waals surface area contributed by atoms with Crippen LogP contribution in [-0.4, -0.2) is 18.5 Å². The second-order valence-corrected chi connectivity index (χ2v) is 4.64. The lowest BCUT2D eigenvalue weighted by Crippen LogP contribution is -2.42. The van der Waals surface area contributed by atoms with Gasteiger partial charge in [-0.3, -0.25) is 4.79 Å². The van der Waals surface area contributed by atoms with Crippen molar-refractivity contribution in [1.29, 1.82) is 0 Å². The van der Waals surface area contributed by atoms with Crippen LogP contribution in [0.25, 0.3) is 0 Å². The highest BCUT2D eigenvalue weighted by molar-refractivity contribution is 5.81. The third-order valence-electron chi connectivity index (χ3n) is 3.20. The van der Waals surface area contributed by atoms with Gasteiger partial charge in [-0.2, -0.15) is 0 Å². The molecule has 0 aromatic heterocycles. The lowest BCUT2D eigenvalue weighted by Gasteiger charge is -2.24. The molecule has 1 aliphatic carbocycles. The van der Waals surface area contributed by atoms with E-state index in [4.69, 9.17) is 5.73 Å². The summed E-state index contributed by atoms with van der Waals surface area (Å²) in [6.45, 7) is 2.80. The lowest BCUT2D eigenvalue weighted by atomic mass is 9.85. The first kappa shape index (κ1) is 12.5. The van der Waals surface area contributed by atoms with Gasteiger partial charge < -0.3 is 11.1 Å². The van der Waals surface area contributed by atoms with Crippen molar-refractivity contribution < 1.29 is 4.79 Å². The first-order chi connectivity index (χ1) is 7.24. The minimum atomic E-state index is -0.292. The zero-order chi connectivity index (χ0) is 11.1. The van der Waals surface area contributed by atoms with Crippen LogP contribution >= 0.6 is 0 Å². The van der Waals surface area contributed by atoms with E-state index < -0.39 is 0 Å². The van der Waals surface area contributed by atoms with E-state index in [0.717, 1.165) is 19.4 Å². The normalized spacial score (nSPS) is 19.9. The fraction of sp³-hybridized carbons (Fsp3) is 0.917. The molecule has 0 heterocycles. The second kappa shape index (κ2) is 6.83. The Bertz CT molecular complexity index is 188. The maximum Gasteiger partial charge on any atom is 0.236 e. The van der Waals surface area contributed by atoms with Crippen LogP contribution < -0.4 is 11.1 Å². The molecule has 88 valence electrons. The molecule has 0 radical (unpaired) electrons. The number of carbonyl (C=O) groups is 1. The van der Waals surface area contributed by atoms with Gasteiger partial charge in [0.1, 0.15) is 0 Å². The lowest BCUT2D eigenvalue weighted by molar-refractivity contribution is -0.122. The number of hydrogen-bond donors (Lipinski definition) is 2. The average Bonchev–Trinajstić information content (AvgIpc) is 2.27. The molecule has 1 fully saturated rings. The standard InChI is InChI=1S/C12H24N2O/c1-2-8-14-12(15)11(13)9-10-6-4-3-5-7-10/h10-11H,2-9,13H2,1H3,(H,14,15). The molecular weight excluding hydrogens is 188 g/mol. The van der Waals surface area contributed by atoms with Crippen molar-refractivity contribution in [3.8, 4) is 0 Å². The summed E-state index contributed by atoms with van der Waals surface area (Å²) in [5, 5.41) is 2.86. The SMILES string of the molecule is CCCNC(=O)C(N)CC1CCCCC1. The minimum Gasteiger partial charge on any atom is -0.355 e. The van der Waals surface area contributed by atoms with Crippen molar-refractivity contribution in [1.82, 2.24) is 5.32 Å². The molecule has 0 spiro atoms. The fourth-order valence-corrected chi connectivity index (χ4v) is 2.27. The Balaban J connectivity index is 2.20. The first-order valence-corrected chi connectivity index (χ1v) is 6.27. The smallest absolute Gasteiger partial charge is 0.236 e. The van der Waals surface area contributed by atoms with Gasteiger partial charge in [-0.1, -0.05) is 39.0 Å². The zero-order valence-electron chi connectivity index (χ0n) is 9.80. The van der Waals surface area contributed by atoms with Gasteiger partial charge in [0.2, 0.25) is 5.91 Å². The predicted octanol–water partition coefficient (Wildman–Crippen LogP) is 1.81. The maximum atomic E-state index is 11.5. The first-order valence-electron chi connectivity index (χ1n) is 6.27. The highest BCUT2D eigenvalue weighted by Gasteiger charge is 2.20. The van der Waals surface area contributed by atoms with Crippen molar-refractivity contribution in [3.63, 3.8) is 0 Å². The highest BCUT2D eigenvalue weighted by Crippen LogP contribution is 2.26. The summed E-state index contributed by atoms with van der Waals surface area (Å²) in [6.07, 6.45) is 8.34. The average molecular weight is 212 g/mol. The number of carbonyl (C=O) groups excluding carboxylic acids is 1. The van der Waals surface area contributed by atoms with Crippen LogP contribution in [0.1, 0.15) is 51.9 Å². The number of rotatable bonds is 5. The van der Waals surface area contributed by atoms with Crippen LogP contribution in [0.15, 0.2) is 0 Å². The Morgan fingerprint density at radius 2 is 2.07 bits per heavy atom. The van der Waals surface area contributed by atoms with Crippen LogP contribution in [0.5, 0.6) is 0 Å². The summed E-state index contributed by atoms with van der Waals surface area (Å²) in [7, 11) is 0. The van der Waals surface area contributed by atoms with Crippen molar-refractivity contribution >= 4 is 5.91 Å². The molecule has 0 bridgehead atoms. The van der Waals surface area contributed by atoms with Crippen molar-refractivity contribution in [2.24, 2.45) is 11.7 Å². The molecule has 0 saturated heterocycles. The van der Waals surface area contributed by atoms with E-state index in [-0.39, 0.29) is 11.9 Å². The zero-order valence-corrected chi connectivity index (χ0v) is 9.80. The summed E-state index contributed by atoms with van der Waals surface area (Å²) in [5.41, 5.74) is 5.88. The Morgan fingerprint density at radius 3 is 2.67 bits per heavy atom. The van der Waals surface area contributed by atoms with E-state index in [1.54, 1.807) is 0 Å². The van der Waals surface area contributed by atoms with E-state index in [2.05, 4.69) is 5.32 Å². The third-order valence-corrected chi connectivity index (χ3v) is 3.20. The van der Waals surface area contributed by atoms with Gasteiger partial charge in [0.15, 0.2) is 0 Å². The van der Waals surface area contributed by atoms with Crippen LogP contribution in [-0.2, 0) is 4.79 Å². The number of nitrogens with two attached hydrogens (primary N) is 1. The molecule has 3 nitrogen and oxygen atoms in total. The van der Waals surface area contributed by atoms with Crippen LogP contribution in [0.4, 0.5) is 0 Å². The summed E-state index contributed by atoms with van der Waals surface area (Å²) in [4.78, 5) is 11.5. The Hall–Kier alpha value is -0.570. The van der Waals surface area contributed by atoms with Gasteiger partial charge in [-0.05, 0) is 18.8 Å². The monoisotopic (exact) mass is 212 g/mol. The van der Waals surface area contributed by atoms with E-state index in [1.807, 2.05) is 6.92 Å². The molecule has 15 heavy (non-hydrogen) atoms. The number of hydrogen-bond acceptors (Lipinski definition) is 2. The van der Waals surface area contributed by atoms with Gasteiger partial charge >= 0.3 is 0 Å². The Kier molecular flexibility index (Phi) is 5.69. The van der Waals surface area contributed by atoms with E-state index in [9.17, 15) is 4.79 Å². The molecule has 1 rings (SSSR count). The Labute approximate surface area is 92.8 Å². The maximum absolute atomic E-state index is 11.5. The predicted molar refractivity (Wildman–Crippen MR) is 62.5 cm³/mol. The van der Waals surface area contributed by atoms with Gasteiger partial charge in [0.25, 0.3) is 0 Å². The molecule has 1 atom stereocenters. The molecule has 1 saturated carbocycles. The van der Waals surface area contributed by atoms with Gasteiger partial charge in [0.05, 0.1) is 6.04 Å². The van der Waals surface area contributed by atoms with Gasteiger partial charge in [-0.15, -0.1) is 0 Å². The van der Waals surface area contributed by atoms with Crippen molar-refractivity contribution in [3.05, 3.63) is 0 Å². The largest absolute Gasteiger partial charge is 0.355 e. The molecule has 3 heteroatoms. The summed E-state index contributed by atoms with van der Waals surface area (Å²) in [6, 6.07) is -0.292. The number of amides is 1. The molecule has 0 aromatic rings. The van der Waals surface area contributed by atoms with E-state index in [1.165, 1.54) is 32.1 Å².